The van der Waals surface area contributed by atoms with E-state index in [1.807, 2.05) is 0 Å². The predicted molar refractivity (Wildman–Crippen MR) is 54.1 cm³/mol. The molecule has 0 aliphatic heterocycles. The summed E-state index contributed by atoms with van der Waals surface area (Å²) in [5.41, 5.74) is -10.8. The molecule has 0 spiro atoms. The number of halogens is 6. The number of rotatable bonds is 6. The predicted octanol–water partition coefficient (Wildman–Crippen LogP) is 1.38. The Morgan fingerprint density at radius 3 is 1.52 bits per heavy atom. The van der Waals surface area contributed by atoms with E-state index < -0.39 is 49.0 Å². The highest BCUT2D eigenvalue weighted by Gasteiger charge is 2.81. The zero-order valence-electron chi connectivity index (χ0n) is 10.8. The largest absolute Gasteiger partial charge is 0.463 e. The number of ether oxygens (including phenoxy) is 2. The van der Waals surface area contributed by atoms with E-state index in [1.54, 1.807) is 0 Å². The van der Waals surface area contributed by atoms with Gasteiger partial charge in [0.25, 0.3) is 12.0 Å². The zero-order valence-corrected chi connectivity index (χ0v) is 10.8. The first kappa shape index (κ1) is 19.5. The number of aliphatic hydroxyl groups is 1. The Hall–Kier alpha value is -1.52. The molecule has 1 unspecified atom stereocenters. The maximum atomic E-state index is 14.3. The molecule has 0 aliphatic rings. The minimum atomic E-state index is -6.35. The first-order chi connectivity index (χ1) is 9.41. The quantitative estimate of drug-likeness (QED) is 0.453. The molecule has 124 valence electrons. The van der Waals surface area contributed by atoms with Gasteiger partial charge >= 0.3 is 23.8 Å². The molecule has 0 rings (SSSR count). The van der Waals surface area contributed by atoms with E-state index >= 15 is 0 Å². The van der Waals surface area contributed by atoms with Crippen LogP contribution in [0.4, 0.5) is 26.3 Å². The third-order valence-corrected chi connectivity index (χ3v) is 2.39. The highest BCUT2D eigenvalue weighted by Crippen LogP contribution is 2.46. The van der Waals surface area contributed by atoms with Crippen LogP contribution in [0.1, 0.15) is 13.8 Å². The number of carbonyl (C=O) groups is 2. The Balaban J connectivity index is 6.21. The Bertz CT molecular complexity index is 378. The van der Waals surface area contributed by atoms with Crippen LogP contribution < -0.4 is 0 Å². The Labute approximate surface area is 114 Å². The molecule has 0 radical (unpaired) electrons. The van der Waals surface area contributed by atoms with Crippen molar-refractivity contribution in [3.05, 3.63) is 0 Å². The Morgan fingerprint density at radius 1 is 1.00 bits per heavy atom. The van der Waals surface area contributed by atoms with Crippen LogP contribution in [0.25, 0.3) is 0 Å². The molecule has 0 aromatic carbocycles. The van der Waals surface area contributed by atoms with Crippen LogP contribution in [0.5, 0.6) is 0 Å². The summed E-state index contributed by atoms with van der Waals surface area (Å²) in [7, 11) is 0. The fourth-order valence-electron chi connectivity index (χ4n) is 1.32. The first-order valence-electron chi connectivity index (χ1n) is 5.51. The minimum Gasteiger partial charge on any atom is -0.463 e. The van der Waals surface area contributed by atoms with Gasteiger partial charge in [0, 0.05) is 0 Å². The standard InChI is InChI=1S/C10H12F6O5/c1-3-20-6(17)8(13,7(18)21-4-2)9(19,5(11)12)10(14,15)16/h5,19H,3-4H2,1-2H3. The van der Waals surface area contributed by atoms with Gasteiger partial charge in [-0.3, -0.25) is 0 Å². The molecule has 11 heteroatoms. The summed E-state index contributed by atoms with van der Waals surface area (Å²) in [6, 6.07) is 0. The molecule has 0 fully saturated rings. The maximum absolute atomic E-state index is 14.3. The molecule has 0 amide bonds. The highest BCUT2D eigenvalue weighted by molar-refractivity contribution is 6.05. The van der Waals surface area contributed by atoms with Gasteiger partial charge in [-0.15, -0.1) is 0 Å². The van der Waals surface area contributed by atoms with Gasteiger partial charge in [-0.1, -0.05) is 0 Å². The second-order valence-corrected chi connectivity index (χ2v) is 3.66. The maximum Gasteiger partial charge on any atom is 0.427 e. The molecule has 21 heavy (non-hydrogen) atoms. The SMILES string of the molecule is CCOC(=O)C(F)(C(=O)OCC)C(O)(C(F)F)C(F)(F)F. The molecule has 0 saturated carbocycles. The van der Waals surface area contributed by atoms with Crippen molar-refractivity contribution in [1.82, 2.24) is 0 Å². The van der Waals surface area contributed by atoms with Crippen molar-refractivity contribution in [2.75, 3.05) is 13.2 Å². The third kappa shape index (κ3) is 3.06. The molecule has 0 heterocycles. The van der Waals surface area contributed by atoms with Gasteiger partial charge in [0.1, 0.15) is 0 Å². The van der Waals surface area contributed by atoms with Crippen LogP contribution >= 0.6 is 0 Å². The fraction of sp³-hybridized carbons (Fsp3) is 0.800. The molecule has 0 saturated heterocycles. The normalized spacial score (nSPS) is 15.5. The van der Waals surface area contributed by atoms with E-state index in [1.165, 1.54) is 0 Å². The van der Waals surface area contributed by atoms with Crippen molar-refractivity contribution < 1.29 is 50.5 Å². The van der Waals surface area contributed by atoms with E-state index in [9.17, 15) is 35.9 Å². The summed E-state index contributed by atoms with van der Waals surface area (Å²) >= 11 is 0. The summed E-state index contributed by atoms with van der Waals surface area (Å²) in [6.45, 7) is 0.610. The van der Waals surface area contributed by atoms with Gasteiger partial charge in [0.15, 0.2) is 0 Å². The zero-order chi connectivity index (χ0) is 17.1. The van der Waals surface area contributed by atoms with Gasteiger partial charge in [0.2, 0.25) is 0 Å². The lowest BCUT2D eigenvalue weighted by molar-refractivity contribution is -0.334. The second-order valence-electron chi connectivity index (χ2n) is 3.66. The number of hydrogen-bond acceptors (Lipinski definition) is 5. The lowest BCUT2D eigenvalue weighted by Gasteiger charge is -2.37. The van der Waals surface area contributed by atoms with Gasteiger partial charge in [-0.05, 0) is 13.8 Å². The van der Waals surface area contributed by atoms with Crippen LogP contribution in [-0.4, -0.2) is 54.1 Å². The molecular weight excluding hydrogens is 314 g/mol. The average molecular weight is 326 g/mol. The summed E-state index contributed by atoms with van der Waals surface area (Å²) in [4.78, 5) is 22.6. The molecule has 0 aromatic rings. The second kappa shape index (κ2) is 6.50. The summed E-state index contributed by atoms with van der Waals surface area (Å²) in [5, 5.41) is 9.09. The lowest BCUT2D eigenvalue weighted by Crippen LogP contribution is -2.72. The number of carbonyl (C=O) groups excluding carboxylic acids is 2. The highest BCUT2D eigenvalue weighted by atomic mass is 19.4. The molecule has 0 aliphatic carbocycles. The third-order valence-electron chi connectivity index (χ3n) is 2.39. The summed E-state index contributed by atoms with van der Waals surface area (Å²) in [6.07, 6.45) is -11.2. The van der Waals surface area contributed by atoms with Crippen LogP contribution in [0.2, 0.25) is 0 Å². The molecule has 5 nitrogen and oxygen atoms in total. The number of alkyl halides is 6. The van der Waals surface area contributed by atoms with Crippen molar-refractivity contribution in [1.29, 1.82) is 0 Å². The van der Waals surface area contributed by atoms with Crippen molar-refractivity contribution >= 4 is 11.9 Å². The van der Waals surface area contributed by atoms with Crippen molar-refractivity contribution in [2.45, 2.75) is 37.7 Å². The van der Waals surface area contributed by atoms with Gasteiger partial charge < -0.3 is 14.6 Å². The Morgan fingerprint density at radius 2 is 1.33 bits per heavy atom. The van der Waals surface area contributed by atoms with E-state index in [0.717, 1.165) is 13.8 Å². The van der Waals surface area contributed by atoms with E-state index in [2.05, 4.69) is 9.47 Å². The van der Waals surface area contributed by atoms with Gasteiger partial charge in [-0.2, -0.15) is 13.2 Å². The van der Waals surface area contributed by atoms with Crippen molar-refractivity contribution in [2.24, 2.45) is 0 Å². The summed E-state index contributed by atoms with van der Waals surface area (Å²) in [5.74, 6) is -5.24. The van der Waals surface area contributed by atoms with Crippen LogP contribution in [0, 0.1) is 0 Å². The monoisotopic (exact) mass is 326 g/mol. The topological polar surface area (TPSA) is 72.8 Å². The van der Waals surface area contributed by atoms with E-state index in [4.69, 9.17) is 5.11 Å². The van der Waals surface area contributed by atoms with Crippen molar-refractivity contribution in [3.8, 4) is 0 Å². The van der Waals surface area contributed by atoms with Crippen molar-refractivity contribution in [3.63, 3.8) is 0 Å². The molecule has 1 atom stereocenters. The average Bonchev–Trinajstić information content (AvgIpc) is 2.35. The first-order valence-corrected chi connectivity index (χ1v) is 5.51. The van der Waals surface area contributed by atoms with Crippen LogP contribution in [0.15, 0.2) is 0 Å². The molecule has 0 aromatic heterocycles. The molecule has 0 bridgehead atoms. The Kier molecular flexibility index (Phi) is 6.03. The summed E-state index contributed by atoms with van der Waals surface area (Å²) < 4.78 is 85.4. The molecular formula is C10H12F6O5. The lowest BCUT2D eigenvalue weighted by atomic mass is 9.83. The number of hydrogen-bond donors (Lipinski definition) is 1. The van der Waals surface area contributed by atoms with Gasteiger partial charge in [0.05, 0.1) is 13.2 Å². The number of esters is 2. The van der Waals surface area contributed by atoms with E-state index in [0.29, 0.717) is 0 Å². The smallest absolute Gasteiger partial charge is 0.427 e. The van der Waals surface area contributed by atoms with E-state index in [-0.39, 0.29) is 0 Å². The fourth-order valence-corrected chi connectivity index (χ4v) is 1.32. The molecule has 1 N–H and O–H groups in total. The van der Waals surface area contributed by atoms with Gasteiger partial charge in [-0.25, -0.2) is 22.8 Å². The van der Waals surface area contributed by atoms with Crippen LogP contribution in [0.3, 0.4) is 0 Å². The minimum absolute atomic E-state index is 0.721. The van der Waals surface area contributed by atoms with Crippen LogP contribution in [-0.2, 0) is 19.1 Å².